The maximum atomic E-state index is 13.3. The van der Waals surface area contributed by atoms with Gasteiger partial charge in [0, 0.05) is 60.8 Å². The van der Waals surface area contributed by atoms with Crippen molar-refractivity contribution < 1.29 is 9.53 Å². The summed E-state index contributed by atoms with van der Waals surface area (Å²) in [5.41, 5.74) is 5.83. The van der Waals surface area contributed by atoms with Gasteiger partial charge in [0.05, 0.1) is 19.3 Å². The van der Waals surface area contributed by atoms with Crippen LogP contribution in [0, 0.1) is 6.92 Å². The number of hydrogen-bond donors (Lipinski definition) is 1. The van der Waals surface area contributed by atoms with E-state index < -0.39 is 0 Å². The Hall–Kier alpha value is -3.32. The molecule has 2 bridgehead atoms. The summed E-state index contributed by atoms with van der Waals surface area (Å²) in [6.07, 6.45) is 4.99. The Morgan fingerprint density at radius 2 is 1.97 bits per heavy atom. The molecule has 3 aromatic rings. The summed E-state index contributed by atoms with van der Waals surface area (Å²) in [6.45, 7) is 6.14. The number of likely N-dealkylation sites (tertiary alicyclic amines) is 1. The number of likely N-dealkylation sites (N-methyl/N-ethyl adjacent to an activating group) is 1. The molecule has 2 aliphatic rings. The minimum absolute atomic E-state index is 0.0490. The van der Waals surface area contributed by atoms with Gasteiger partial charge >= 0.3 is 0 Å². The Bertz CT molecular complexity index is 1220. The van der Waals surface area contributed by atoms with Gasteiger partial charge in [0.1, 0.15) is 5.75 Å². The largest absolute Gasteiger partial charge is 0.496 e. The Balaban J connectivity index is 1.36. The van der Waals surface area contributed by atoms with Gasteiger partial charge in [0.25, 0.3) is 5.91 Å². The quantitative estimate of drug-likeness (QED) is 0.608. The number of ether oxygens (including phenoxy) is 1. The minimum atomic E-state index is -0.159. The molecule has 0 aliphatic carbocycles. The molecule has 2 aliphatic heterocycles. The Morgan fingerprint density at radius 1 is 1.15 bits per heavy atom. The van der Waals surface area contributed by atoms with E-state index in [2.05, 4.69) is 51.5 Å². The Morgan fingerprint density at radius 3 is 2.62 bits per heavy atom. The molecule has 0 saturated carbocycles. The minimum Gasteiger partial charge on any atom is -0.496 e. The maximum Gasteiger partial charge on any atom is 0.252 e. The SMILES string of the molecule is COc1ccc([C@@H](C)NC(=O)c2cc(N3C[C@H]4C[C@@H]3CN4C)ccc2C)cc1-c1cnn(C)c1. The van der Waals surface area contributed by atoms with Gasteiger partial charge in [-0.2, -0.15) is 5.10 Å². The van der Waals surface area contributed by atoms with Crippen LogP contribution in [-0.2, 0) is 7.05 Å². The smallest absolute Gasteiger partial charge is 0.252 e. The van der Waals surface area contributed by atoms with E-state index in [1.807, 2.05) is 45.4 Å². The van der Waals surface area contributed by atoms with Crippen LogP contribution in [0.3, 0.4) is 0 Å². The molecule has 7 heteroatoms. The number of benzene rings is 2. The summed E-state index contributed by atoms with van der Waals surface area (Å²) in [4.78, 5) is 18.2. The van der Waals surface area contributed by atoms with Crippen LogP contribution in [0.1, 0.15) is 40.9 Å². The van der Waals surface area contributed by atoms with Crippen LogP contribution in [0.4, 0.5) is 5.69 Å². The first-order valence-electron chi connectivity index (χ1n) is 11.9. The Labute approximate surface area is 201 Å². The first-order chi connectivity index (χ1) is 16.3. The van der Waals surface area contributed by atoms with Crippen molar-refractivity contribution in [2.45, 2.75) is 38.4 Å². The number of rotatable bonds is 6. The average Bonchev–Trinajstić information content (AvgIpc) is 3.54. The zero-order chi connectivity index (χ0) is 24.0. The van der Waals surface area contributed by atoms with E-state index in [4.69, 9.17) is 4.74 Å². The van der Waals surface area contributed by atoms with Crippen LogP contribution >= 0.6 is 0 Å². The van der Waals surface area contributed by atoms with Gasteiger partial charge in [-0.1, -0.05) is 12.1 Å². The number of nitrogens with one attached hydrogen (secondary N) is 1. The standard InChI is InChI=1S/C27H33N5O2/c1-17-6-8-21(32-16-22-11-23(32)15-30(22)3)12-24(17)27(33)29-18(2)19-7-9-26(34-5)25(10-19)20-13-28-31(4)14-20/h6-10,12-14,18,22-23H,11,15-16H2,1-5H3,(H,29,33)/t18-,22-,23-/m1/s1. The van der Waals surface area contributed by atoms with Gasteiger partial charge < -0.3 is 15.0 Å². The third-order valence-electron chi connectivity index (χ3n) is 7.40. The van der Waals surface area contributed by atoms with Gasteiger partial charge in [-0.3, -0.25) is 14.4 Å². The summed E-state index contributed by atoms with van der Waals surface area (Å²) < 4.78 is 7.34. The summed E-state index contributed by atoms with van der Waals surface area (Å²) in [5.74, 6) is 0.733. The van der Waals surface area contributed by atoms with Crippen molar-refractivity contribution in [3.63, 3.8) is 0 Å². The summed E-state index contributed by atoms with van der Waals surface area (Å²) in [7, 11) is 5.76. The molecule has 3 atom stereocenters. The second-order valence-electron chi connectivity index (χ2n) is 9.69. The molecular formula is C27H33N5O2. The highest BCUT2D eigenvalue weighted by molar-refractivity contribution is 5.97. The second kappa shape index (κ2) is 8.80. The van der Waals surface area contributed by atoms with Crippen molar-refractivity contribution in [1.29, 1.82) is 0 Å². The predicted octanol–water partition coefficient (Wildman–Crippen LogP) is 3.79. The van der Waals surface area contributed by atoms with E-state index in [0.29, 0.717) is 12.1 Å². The number of nitrogens with zero attached hydrogens (tertiary/aromatic N) is 4. The zero-order valence-corrected chi connectivity index (χ0v) is 20.6. The van der Waals surface area contributed by atoms with Crippen LogP contribution in [0.2, 0.25) is 0 Å². The normalized spacial score (nSPS) is 20.6. The van der Waals surface area contributed by atoms with E-state index in [1.165, 1.54) is 6.42 Å². The number of methoxy groups -OCH3 is 1. The fourth-order valence-electron chi connectivity index (χ4n) is 5.35. The lowest BCUT2D eigenvalue weighted by Crippen LogP contribution is -2.44. The average molecular weight is 460 g/mol. The molecule has 1 amide bonds. The van der Waals surface area contributed by atoms with Crippen molar-refractivity contribution in [3.05, 3.63) is 65.5 Å². The summed E-state index contributed by atoms with van der Waals surface area (Å²) in [6, 6.07) is 13.3. The number of fused-ring (bicyclic) bond motifs is 2. The highest BCUT2D eigenvalue weighted by atomic mass is 16.5. The fraction of sp³-hybridized carbons (Fsp3) is 0.407. The molecule has 0 spiro atoms. The van der Waals surface area contributed by atoms with Crippen LogP contribution in [-0.4, -0.2) is 59.9 Å². The van der Waals surface area contributed by atoms with Gasteiger partial charge in [-0.25, -0.2) is 0 Å². The van der Waals surface area contributed by atoms with Crippen LogP contribution < -0.4 is 15.0 Å². The molecule has 2 aromatic carbocycles. The van der Waals surface area contributed by atoms with Crippen LogP contribution in [0.15, 0.2) is 48.8 Å². The highest BCUT2D eigenvalue weighted by Gasteiger charge is 2.41. The van der Waals surface area contributed by atoms with E-state index >= 15 is 0 Å². The molecule has 34 heavy (non-hydrogen) atoms. The summed E-state index contributed by atoms with van der Waals surface area (Å²) >= 11 is 0. The molecule has 2 saturated heterocycles. The van der Waals surface area contributed by atoms with Gasteiger partial charge in [0.2, 0.25) is 0 Å². The van der Waals surface area contributed by atoms with Crippen molar-refractivity contribution in [2.75, 3.05) is 32.1 Å². The van der Waals surface area contributed by atoms with Crippen molar-refractivity contribution in [2.24, 2.45) is 7.05 Å². The molecule has 178 valence electrons. The molecule has 3 heterocycles. The number of aromatic nitrogens is 2. The molecular weight excluding hydrogens is 426 g/mol. The van der Waals surface area contributed by atoms with E-state index in [9.17, 15) is 4.79 Å². The predicted molar refractivity (Wildman–Crippen MR) is 134 cm³/mol. The van der Waals surface area contributed by atoms with E-state index in [0.717, 1.165) is 52.3 Å². The van der Waals surface area contributed by atoms with Crippen molar-refractivity contribution >= 4 is 11.6 Å². The van der Waals surface area contributed by atoms with Crippen molar-refractivity contribution in [3.8, 4) is 16.9 Å². The lowest BCUT2D eigenvalue weighted by atomic mass is 10.00. The number of anilines is 1. The Kier molecular flexibility index (Phi) is 5.81. The molecule has 0 radical (unpaired) electrons. The zero-order valence-electron chi connectivity index (χ0n) is 20.6. The van der Waals surface area contributed by atoms with Gasteiger partial charge in [-0.15, -0.1) is 0 Å². The van der Waals surface area contributed by atoms with Gasteiger partial charge in [0.15, 0.2) is 0 Å². The summed E-state index contributed by atoms with van der Waals surface area (Å²) in [5, 5.41) is 7.49. The van der Waals surface area contributed by atoms with Crippen LogP contribution in [0.5, 0.6) is 5.75 Å². The lowest BCUT2D eigenvalue weighted by molar-refractivity contribution is 0.0939. The number of carbonyl (C=O) groups is 1. The molecule has 7 nitrogen and oxygen atoms in total. The second-order valence-corrected chi connectivity index (χ2v) is 9.69. The van der Waals surface area contributed by atoms with Crippen LogP contribution in [0.25, 0.3) is 11.1 Å². The highest BCUT2D eigenvalue weighted by Crippen LogP contribution is 2.35. The lowest BCUT2D eigenvalue weighted by Gasteiger charge is -2.34. The number of hydrogen-bond acceptors (Lipinski definition) is 5. The molecule has 0 unspecified atom stereocenters. The number of piperazine rings is 1. The molecule has 2 fully saturated rings. The monoisotopic (exact) mass is 459 g/mol. The molecule has 5 rings (SSSR count). The number of amides is 1. The topological polar surface area (TPSA) is 62.6 Å². The van der Waals surface area contributed by atoms with E-state index in [1.54, 1.807) is 11.8 Å². The van der Waals surface area contributed by atoms with E-state index in [-0.39, 0.29) is 11.9 Å². The van der Waals surface area contributed by atoms with Gasteiger partial charge in [-0.05, 0) is 62.7 Å². The number of carbonyl (C=O) groups excluding carboxylic acids is 1. The third kappa shape index (κ3) is 4.05. The first kappa shape index (κ1) is 22.5. The third-order valence-corrected chi connectivity index (χ3v) is 7.40. The fourth-order valence-corrected chi connectivity index (χ4v) is 5.35. The van der Waals surface area contributed by atoms with Crippen molar-refractivity contribution in [1.82, 2.24) is 20.0 Å². The molecule has 1 N–H and O–H groups in total. The maximum absolute atomic E-state index is 13.3. The first-order valence-corrected chi connectivity index (χ1v) is 11.9. The molecule has 1 aromatic heterocycles. The number of aryl methyl sites for hydroxylation is 2.